The van der Waals surface area contributed by atoms with E-state index in [0.717, 1.165) is 0 Å². The van der Waals surface area contributed by atoms with Crippen molar-refractivity contribution >= 4 is 17.2 Å². The predicted molar refractivity (Wildman–Crippen MR) is 68.0 cm³/mol. The van der Waals surface area contributed by atoms with Gasteiger partial charge in [0.25, 0.3) is 0 Å². The summed E-state index contributed by atoms with van der Waals surface area (Å²) < 4.78 is 0. The van der Waals surface area contributed by atoms with Gasteiger partial charge in [0.15, 0.2) is 0 Å². The lowest BCUT2D eigenvalue weighted by molar-refractivity contribution is -0.618. The maximum atomic E-state index is 10.9. The summed E-state index contributed by atoms with van der Waals surface area (Å²) in [5, 5.41) is 23.7. The molecule has 108 valence electrons. The molecule has 0 fully saturated rings. The molecule has 0 aliphatic carbocycles. The Kier molecular flexibility index (Phi) is 8.67. The second-order valence-corrected chi connectivity index (χ2v) is 4.05. The molecule has 0 saturated heterocycles. The summed E-state index contributed by atoms with van der Waals surface area (Å²) in [6.45, 7) is 1.76. The number of carbonyl (C=O) groups is 1. The van der Waals surface area contributed by atoms with Crippen molar-refractivity contribution in [1.82, 2.24) is 5.43 Å². The van der Waals surface area contributed by atoms with Crippen LogP contribution >= 0.6 is 0 Å². The van der Waals surface area contributed by atoms with Crippen LogP contribution in [0.5, 0.6) is 0 Å². The Labute approximate surface area is 110 Å². The van der Waals surface area contributed by atoms with Gasteiger partial charge < -0.3 is 10.4 Å². The zero-order chi connectivity index (χ0) is 14.7. The van der Waals surface area contributed by atoms with Gasteiger partial charge in [0.05, 0.1) is 22.9 Å². The number of nitroso groups, excluding NO2 is 1. The molecule has 0 heterocycles. The summed E-state index contributed by atoms with van der Waals surface area (Å²) in [4.78, 5) is 21.3. The molecule has 0 atom stereocenters. The number of nitrogens with zero attached hydrogens (tertiary/aromatic N) is 3. The van der Waals surface area contributed by atoms with Gasteiger partial charge in [-0.2, -0.15) is 0 Å². The van der Waals surface area contributed by atoms with Crippen molar-refractivity contribution in [3.63, 3.8) is 0 Å². The Balaban J connectivity index is 4.00. The average Bonchev–Trinajstić information content (AvgIpc) is 2.35. The van der Waals surface area contributed by atoms with Crippen molar-refractivity contribution in [3.05, 3.63) is 4.91 Å². The third-order valence-electron chi connectivity index (χ3n) is 2.35. The molecule has 0 saturated carbocycles. The highest BCUT2D eigenvalue weighted by Crippen LogP contribution is 2.05. The Hall–Kier alpha value is -2.19. The van der Waals surface area contributed by atoms with Crippen molar-refractivity contribution in [3.8, 4) is 0 Å². The Morgan fingerprint density at radius 2 is 1.79 bits per heavy atom. The van der Waals surface area contributed by atoms with Crippen molar-refractivity contribution < 1.29 is 20.2 Å². The van der Waals surface area contributed by atoms with Gasteiger partial charge in [0.2, 0.25) is 4.98 Å². The van der Waals surface area contributed by atoms with E-state index >= 15 is 0 Å². The lowest BCUT2D eigenvalue weighted by Crippen LogP contribution is -2.33. The molecule has 5 N–H and O–H groups in total. The fraction of sp³-hybridized carbons (Fsp3) is 0.700. The van der Waals surface area contributed by atoms with Crippen molar-refractivity contribution in [2.75, 3.05) is 6.54 Å². The molecule has 0 aromatic rings. The van der Waals surface area contributed by atoms with E-state index in [2.05, 4.69) is 15.7 Å². The number of ketones is 1. The maximum Gasteiger partial charge on any atom is 0.243 e. The molecule has 9 nitrogen and oxygen atoms in total. The van der Waals surface area contributed by atoms with Crippen LogP contribution in [0.25, 0.3) is 0 Å². The van der Waals surface area contributed by atoms with Crippen LogP contribution in [0.15, 0.2) is 10.3 Å². The molecule has 0 aromatic carbocycles. The molecule has 0 aromatic heterocycles. The number of carbonyl (C=O) groups excluding carboxylic acids is 1. The lowest BCUT2D eigenvalue weighted by atomic mass is 10.0. The second kappa shape index (κ2) is 9.80. The van der Waals surface area contributed by atoms with Gasteiger partial charge in [0, 0.05) is 6.42 Å². The highest BCUT2D eigenvalue weighted by molar-refractivity contribution is 6.02. The molecule has 9 heteroatoms. The Bertz CT molecular complexity index is 367. The van der Waals surface area contributed by atoms with E-state index in [-0.39, 0.29) is 17.2 Å². The average molecular weight is 274 g/mol. The van der Waals surface area contributed by atoms with Gasteiger partial charge in [-0.25, -0.2) is 0 Å². The fourth-order valence-electron chi connectivity index (χ4n) is 1.46. The first-order valence-electron chi connectivity index (χ1n) is 5.84. The van der Waals surface area contributed by atoms with Gasteiger partial charge in [-0.1, -0.05) is 10.3 Å². The van der Waals surface area contributed by atoms with E-state index in [4.69, 9.17) is 16.3 Å². The normalized spacial score (nSPS) is 12.3. The fourth-order valence-corrected chi connectivity index (χ4v) is 1.46. The number of nitrogens with one attached hydrogen (secondary N) is 1. The minimum atomic E-state index is -0.0991. The maximum absolute atomic E-state index is 10.9. The molecule has 0 aliphatic rings. The second-order valence-electron chi connectivity index (χ2n) is 4.05. The summed E-state index contributed by atoms with van der Waals surface area (Å²) in [6.07, 6.45) is 1.83. The Morgan fingerprint density at radius 1 is 1.21 bits per heavy atom. The third-order valence-corrected chi connectivity index (χ3v) is 2.35. The van der Waals surface area contributed by atoms with Gasteiger partial charge in [-0.05, 0) is 32.6 Å². The van der Waals surface area contributed by atoms with Crippen LogP contribution < -0.4 is 11.3 Å². The van der Waals surface area contributed by atoms with E-state index in [1.165, 1.54) is 6.92 Å². The lowest BCUT2D eigenvalue weighted by Gasteiger charge is -2.04. The molecular weight excluding hydrogens is 254 g/mol. The van der Waals surface area contributed by atoms with Crippen LogP contribution in [0.1, 0.15) is 39.0 Å². The summed E-state index contributed by atoms with van der Waals surface area (Å²) >= 11 is 0. The quantitative estimate of drug-likeness (QED) is 0.113. The summed E-state index contributed by atoms with van der Waals surface area (Å²) in [5.41, 5.74) is 3.19. The van der Waals surface area contributed by atoms with Crippen LogP contribution in [-0.4, -0.2) is 39.1 Å². The third kappa shape index (κ3) is 9.51. The molecule has 0 spiro atoms. The molecule has 0 amide bonds. The molecular formula is C10H20N5O4+. The number of hydrogen-bond acceptors (Lipinski definition) is 6. The van der Waals surface area contributed by atoms with E-state index in [1.807, 2.05) is 0 Å². The summed E-state index contributed by atoms with van der Waals surface area (Å²) in [7, 11) is 0. The van der Waals surface area contributed by atoms with E-state index in [9.17, 15) is 9.70 Å². The first-order valence-corrected chi connectivity index (χ1v) is 5.84. The van der Waals surface area contributed by atoms with Gasteiger partial charge in [-0.3, -0.25) is 4.79 Å². The van der Waals surface area contributed by atoms with Crippen molar-refractivity contribution in [2.24, 2.45) is 16.2 Å². The SMILES string of the molecule is CC(=O)CC(CCC(CCCN[N+](N)=O)=NO)=NO. The van der Waals surface area contributed by atoms with Gasteiger partial charge in [-0.15, -0.1) is 11.3 Å². The Morgan fingerprint density at radius 3 is 2.26 bits per heavy atom. The molecule has 0 aliphatic heterocycles. The van der Waals surface area contributed by atoms with Crippen molar-refractivity contribution in [1.29, 1.82) is 0 Å². The number of rotatable bonds is 10. The summed E-state index contributed by atoms with van der Waals surface area (Å²) in [6, 6.07) is 0. The van der Waals surface area contributed by atoms with Gasteiger partial charge in [0.1, 0.15) is 5.78 Å². The number of oxime groups is 2. The number of Topliss-reactive ketones (excluding diaryl/α,β-unsaturated/α-hetero) is 1. The van der Waals surface area contributed by atoms with E-state index in [1.54, 1.807) is 0 Å². The monoisotopic (exact) mass is 274 g/mol. The van der Waals surface area contributed by atoms with Crippen molar-refractivity contribution in [2.45, 2.75) is 39.0 Å². The van der Waals surface area contributed by atoms with E-state index < -0.39 is 0 Å². The zero-order valence-electron chi connectivity index (χ0n) is 10.9. The number of nitrogens with two attached hydrogens (primary N) is 1. The highest BCUT2D eigenvalue weighted by Gasteiger charge is 2.08. The predicted octanol–water partition coefficient (Wildman–Crippen LogP) is 0.344. The largest absolute Gasteiger partial charge is 0.411 e. The first-order chi connectivity index (χ1) is 8.99. The van der Waals surface area contributed by atoms with Crippen LogP contribution in [0.4, 0.5) is 0 Å². The summed E-state index contributed by atoms with van der Waals surface area (Å²) in [5.74, 6) is 4.72. The smallest absolute Gasteiger partial charge is 0.243 e. The van der Waals surface area contributed by atoms with E-state index in [0.29, 0.717) is 43.7 Å². The molecule has 0 bridgehead atoms. The molecule has 0 rings (SSSR count). The highest BCUT2D eigenvalue weighted by atomic mass is 16.4. The van der Waals surface area contributed by atoms with Gasteiger partial charge >= 0.3 is 0 Å². The number of hydrazine groups is 2. The van der Waals surface area contributed by atoms with Crippen LogP contribution in [0.3, 0.4) is 0 Å². The standard InChI is InChI=1S/C10H19N5O4/c1-8(16)7-10(14-18)5-4-9(13-17)3-2-6-12-15(11)19/h2-7H2,1H3,(H4-,11,12,17,18,19)/p+1. The van der Waals surface area contributed by atoms with Crippen LogP contribution in [0.2, 0.25) is 0 Å². The minimum Gasteiger partial charge on any atom is -0.411 e. The first kappa shape index (κ1) is 16.8. The van der Waals surface area contributed by atoms with Crippen LogP contribution in [0, 0.1) is 4.91 Å². The molecule has 19 heavy (non-hydrogen) atoms. The van der Waals surface area contributed by atoms with Crippen LogP contribution in [-0.2, 0) is 4.79 Å². The zero-order valence-corrected chi connectivity index (χ0v) is 10.9. The minimum absolute atomic E-state index is 0.0785. The topological polar surface area (TPSA) is 140 Å². The molecule has 0 unspecified atom stereocenters. The number of hydrogen-bond donors (Lipinski definition) is 4. The molecule has 0 radical (unpaired) electrons.